The number of allylic oxidation sites excluding steroid dienone is 1. The molecule has 0 spiro atoms. The Morgan fingerprint density at radius 1 is 1.27 bits per heavy atom. The molecule has 1 aromatic carbocycles. The maximum Gasteiger partial charge on any atom is 0.322 e. The van der Waals surface area contributed by atoms with Gasteiger partial charge in [-0.2, -0.15) is 4.98 Å². The highest BCUT2D eigenvalue weighted by molar-refractivity contribution is 7.13. The average Bonchev–Trinajstić information content (AvgIpc) is 3.42. The molecular formula is C22H23FN4O2S. The first-order chi connectivity index (χ1) is 14.6. The van der Waals surface area contributed by atoms with Gasteiger partial charge in [0.2, 0.25) is 5.82 Å². The highest BCUT2D eigenvalue weighted by Gasteiger charge is 2.35. The van der Waals surface area contributed by atoms with Gasteiger partial charge in [-0.1, -0.05) is 43.1 Å². The van der Waals surface area contributed by atoms with E-state index >= 15 is 0 Å². The molecule has 3 aromatic rings. The maximum absolute atomic E-state index is 13.9. The van der Waals surface area contributed by atoms with E-state index in [1.165, 1.54) is 23.5 Å². The summed E-state index contributed by atoms with van der Waals surface area (Å²) < 4.78 is 19.5. The van der Waals surface area contributed by atoms with E-state index in [0.717, 1.165) is 29.8 Å². The van der Waals surface area contributed by atoms with Crippen LogP contribution in [0, 0.1) is 5.82 Å². The van der Waals surface area contributed by atoms with Crippen molar-refractivity contribution in [3.8, 4) is 10.7 Å². The third-order valence-corrected chi connectivity index (χ3v) is 6.03. The van der Waals surface area contributed by atoms with Gasteiger partial charge < -0.3 is 9.84 Å². The van der Waals surface area contributed by atoms with Crippen LogP contribution in [-0.4, -0.2) is 27.6 Å². The molecule has 0 fully saturated rings. The molecule has 0 saturated carbocycles. The summed E-state index contributed by atoms with van der Waals surface area (Å²) in [6, 6.07) is 9.26. The third kappa shape index (κ3) is 4.00. The van der Waals surface area contributed by atoms with Crippen molar-refractivity contribution in [3.63, 3.8) is 0 Å². The number of nitrogens with zero attached hydrogens (tertiary/aromatic N) is 3. The Labute approximate surface area is 178 Å². The molecule has 0 saturated heterocycles. The summed E-state index contributed by atoms with van der Waals surface area (Å²) >= 11 is 1.52. The van der Waals surface area contributed by atoms with Crippen LogP contribution in [0.15, 0.2) is 52.0 Å². The Morgan fingerprint density at radius 3 is 2.87 bits per heavy atom. The molecule has 1 atom stereocenters. The number of urea groups is 1. The minimum Gasteiger partial charge on any atom is -0.334 e. The van der Waals surface area contributed by atoms with Crippen LogP contribution in [0.5, 0.6) is 0 Å². The van der Waals surface area contributed by atoms with E-state index in [-0.39, 0.29) is 11.8 Å². The zero-order valence-electron chi connectivity index (χ0n) is 16.9. The van der Waals surface area contributed by atoms with Crippen LogP contribution in [0.2, 0.25) is 0 Å². The molecule has 30 heavy (non-hydrogen) atoms. The second kappa shape index (κ2) is 8.79. The predicted octanol–water partition coefficient (Wildman–Crippen LogP) is 5.62. The van der Waals surface area contributed by atoms with Crippen LogP contribution in [0.3, 0.4) is 0 Å². The van der Waals surface area contributed by atoms with E-state index in [1.807, 2.05) is 24.4 Å². The Hall–Kier alpha value is -3.00. The zero-order valence-corrected chi connectivity index (χ0v) is 17.7. The molecule has 0 bridgehead atoms. The van der Waals surface area contributed by atoms with Crippen molar-refractivity contribution < 1.29 is 13.7 Å². The number of carbonyl (C=O) groups is 1. The number of rotatable bonds is 7. The van der Waals surface area contributed by atoms with Gasteiger partial charge in [-0.3, -0.25) is 4.90 Å². The zero-order chi connectivity index (χ0) is 21.1. The number of unbranched alkanes of at least 4 members (excludes halogenated alkanes) is 2. The van der Waals surface area contributed by atoms with Crippen molar-refractivity contribution in [2.45, 2.75) is 39.2 Å². The van der Waals surface area contributed by atoms with Gasteiger partial charge in [-0.05, 0) is 42.5 Å². The number of benzene rings is 1. The van der Waals surface area contributed by atoms with E-state index in [9.17, 15) is 9.18 Å². The molecule has 0 aliphatic carbocycles. The van der Waals surface area contributed by atoms with Crippen LogP contribution < -0.4 is 5.32 Å². The summed E-state index contributed by atoms with van der Waals surface area (Å²) in [5, 5.41) is 9.06. The summed E-state index contributed by atoms with van der Waals surface area (Å²) in [5.41, 5.74) is 2.05. The average molecular weight is 427 g/mol. The second-order valence-corrected chi connectivity index (χ2v) is 8.14. The molecule has 1 aliphatic rings. The molecule has 156 valence electrons. The van der Waals surface area contributed by atoms with Gasteiger partial charge in [-0.15, -0.1) is 11.3 Å². The van der Waals surface area contributed by atoms with Crippen LogP contribution >= 0.6 is 11.3 Å². The van der Waals surface area contributed by atoms with Crippen LogP contribution in [0.25, 0.3) is 16.3 Å². The molecule has 2 aromatic heterocycles. The van der Waals surface area contributed by atoms with Crippen molar-refractivity contribution >= 4 is 22.9 Å². The largest absolute Gasteiger partial charge is 0.334 e. The number of hydrogen-bond donors (Lipinski definition) is 1. The summed E-state index contributed by atoms with van der Waals surface area (Å²) in [6.07, 6.45) is 2.98. The van der Waals surface area contributed by atoms with Gasteiger partial charge >= 0.3 is 6.03 Å². The topological polar surface area (TPSA) is 71.3 Å². The molecule has 8 heteroatoms. The normalized spacial score (nSPS) is 16.8. The number of hydrogen-bond acceptors (Lipinski definition) is 5. The number of aromatic nitrogens is 2. The van der Waals surface area contributed by atoms with Crippen molar-refractivity contribution in [2.75, 3.05) is 6.54 Å². The summed E-state index contributed by atoms with van der Waals surface area (Å²) in [6.45, 7) is 4.59. The highest BCUT2D eigenvalue weighted by atomic mass is 32.1. The molecule has 6 nitrogen and oxygen atoms in total. The lowest BCUT2D eigenvalue weighted by Gasteiger charge is -2.35. The van der Waals surface area contributed by atoms with Gasteiger partial charge in [-0.25, -0.2) is 9.18 Å². The van der Waals surface area contributed by atoms with Gasteiger partial charge in [0.15, 0.2) is 0 Å². The monoisotopic (exact) mass is 426 g/mol. The summed E-state index contributed by atoms with van der Waals surface area (Å²) in [7, 11) is 0. The summed E-state index contributed by atoms with van der Waals surface area (Å²) in [4.78, 5) is 20.0. The number of nitrogens with one attached hydrogen (secondary N) is 1. The van der Waals surface area contributed by atoms with Crippen molar-refractivity contribution in [1.82, 2.24) is 20.4 Å². The minimum atomic E-state index is -0.577. The first-order valence-corrected chi connectivity index (χ1v) is 10.9. The Kier molecular flexibility index (Phi) is 5.94. The van der Waals surface area contributed by atoms with Gasteiger partial charge in [0, 0.05) is 12.2 Å². The van der Waals surface area contributed by atoms with E-state index in [2.05, 4.69) is 22.4 Å². The van der Waals surface area contributed by atoms with E-state index in [1.54, 1.807) is 17.0 Å². The fraction of sp³-hybridized carbons (Fsp3) is 0.318. The van der Waals surface area contributed by atoms with E-state index < -0.39 is 6.04 Å². The molecule has 1 unspecified atom stereocenters. The number of halogens is 1. The second-order valence-electron chi connectivity index (χ2n) is 7.20. The lowest BCUT2D eigenvalue weighted by molar-refractivity contribution is 0.204. The van der Waals surface area contributed by atoms with Crippen LogP contribution in [0.1, 0.15) is 50.6 Å². The van der Waals surface area contributed by atoms with Crippen molar-refractivity contribution in [2.24, 2.45) is 0 Å². The molecule has 2 amide bonds. The number of thiophene rings is 1. The standard InChI is InChI=1S/C22H23FN4O2S/c1-3-4-5-11-27-14(2)18(21-25-20(26-29-21)17-10-7-12-30-17)19(24-22(27)28)15-8-6-9-16(23)13-15/h6-10,12-13,19H,3-5,11H2,1-2H3,(H,24,28). The Balaban J connectivity index is 1.77. The minimum absolute atomic E-state index is 0.209. The fourth-order valence-electron chi connectivity index (χ4n) is 3.62. The highest BCUT2D eigenvalue weighted by Crippen LogP contribution is 2.37. The van der Waals surface area contributed by atoms with Gasteiger partial charge in [0.05, 0.1) is 16.5 Å². The molecular weight excluding hydrogens is 403 g/mol. The molecule has 4 rings (SSSR count). The Bertz CT molecular complexity index is 1060. The molecule has 1 aliphatic heterocycles. The lowest BCUT2D eigenvalue weighted by Crippen LogP contribution is -2.46. The molecule has 0 radical (unpaired) electrons. The maximum atomic E-state index is 13.9. The molecule has 3 heterocycles. The number of amides is 2. The summed E-state index contributed by atoms with van der Waals surface area (Å²) in [5.74, 6) is 0.451. The van der Waals surface area contributed by atoms with E-state index in [0.29, 0.717) is 29.4 Å². The molecule has 1 N–H and O–H groups in total. The quantitative estimate of drug-likeness (QED) is 0.498. The van der Waals surface area contributed by atoms with Crippen molar-refractivity contribution in [3.05, 3.63) is 64.7 Å². The van der Waals surface area contributed by atoms with Gasteiger partial charge in [0.25, 0.3) is 5.89 Å². The van der Waals surface area contributed by atoms with Crippen LogP contribution in [-0.2, 0) is 0 Å². The third-order valence-electron chi connectivity index (χ3n) is 5.16. The fourth-order valence-corrected chi connectivity index (χ4v) is 4.27. The predicted molar refractivity (Wildman–Crippen MR) is 114 cm³/mol. The van der Waals surface area contributed by atoms with Gasteiger partial charge in [0.1, 0.15) is 5.82 Å². The van der Waals surface area contributed by atoms with Crippen molar-refractivity contribution in [1.29, 1.82) is 0 Å². The lowest BCUT2D eigenvalue weighted by atomic mass is 9.94. The number of carbonyl (C=O) groups excluding carboxylic acids is 1. The SMILES string of the molecule is CCCCCN1C(=O)NC(c2cccc(F)c2)C(c2nc(-c3cccs3)no2)=C1C. The first-order valence-electron chi connectivity index (χ1n) is 10.0. The Morgan fingerprint density at radius 2 is 2.13 bits per heavy atom. The van der Waals surface area contributed by atoms with E-state index in [4.69, 9.17) is 4.52 Å². The van der Waals surface area contributed by atoms with Crippen LogP contribution in [0.4, 0.5) is 9.18 Å². The smallest absolute Gasteiger partial charge is 0.322 e. The first kappa shape index (κ1) is 20.3.